The second-order valence-corrected chi connectivity index (χ2v) is 9.52. The molecule has 0 aromatic heterocycles. The summed E-state index contributed by atoms with van der Waals surface area (Å²) in [5.41, 5.74) is 1.44. The third-order valence-electron chi connectivity index (χ3n) is 4.34. The zero-order valence-electron chi connectivity index (χ0n) is 13.0. The molecule has 0 spiro atoms. The molecule has 0 amide bonds. The van der Waals surface area contributed by atoms with Crippen LogP contribution in [-0.2, 0) is 6.16 Å². The molecule has 0 heterocycles. The monoisotopic (exact) mass is 305 g/mol. The Kier molecular flexibility index (Phi) is 4.71. The molecule has 0 aliphatic rings. The van der Waals surface area contributed by atoms with Gasteiger partial charge in [0.05, 0.1) is 30.2 Å². The lowest BCUT2D eigenvalue weighted by Gasteiger charge is -2.26. The fraction of sp³-hybridized carbons (Fsp3) is 0.143. The van der Waals surface area contributed by atoms with Crippen LogP contribution < -0.4 is 10.6 Å². The first-order valence-corrected chi connectivity index (χ1v) is 10.0. The standard InChI is InChI=1S/C21H22P/c1-2-22(20-14-8-4-9-15-20,21-16-10-5-11-17-21)18-19-12-6-3-7-13-19/h3-17H,2,18H2,1H3/q+1. The Bertz CT molecular complexity index is 650. The van der Waals surface area contributed by atoms with Crippen LogP contribution in [-0.4, -0.2) is 6.16 Å². The van der Waals surface area contributed by atoms with Gasteiger partial charge in [0.15, 0.2) is 0 Å². The molecule has 0 nitrogen and oxygen atoms in total. The predicted molar refractivity (Wildman–Crippen MR) is 99.8 cm³/mol. The summed E-state index contributed by atoms with van der Waals surface area (Å²) < 4.78 is 0. The molecule has 0 aliphatic heterocycles. The van der Waals surface area contributed by atoms with Crippen LogP contribution in [0.3, 0.4) is 0 Å². The van der Waals surface area contributed by atoms with Crippen LogP contribution in [0.25, 0.3) is 0 Å². The van der Waals surface area contributed by atoms with Gasteiger partial charge in [0, 0.05) is 0 Å². The summed E-state index contributed by atoms with van der Waals surface area (Å²) in [6.07, 6.45) is 2.33. The SMILES string of the molecule is CC[P+](Cc1ccccc1)(c1ccccc1)c1ccccc1. The molecule has 22 heavy (non-hydrogen) atoms. The van der Waals surface area contributed by atoms with Crippen LogP contribution in [0, 0.1) is 0 Å². The van der Waals surface area contributed by atoms with Gasteiger partial charge in [-0.2, -0.15) is 0 Å². The molecular formula is C21H22P+. The molecule has 0 radical (unpaired) electrons. The van der Waals surface area contributed by atoms with Crippen molar-refractivity contribution in [2.45, 2.75) is 13.1 Å². The molecule has 1 heteroatoms. The normalized spacial score (nSPS) is 11.3. The van der Waals surface area contributed by atoms with Crippen molar-refractivity contribution in [2.75, 3.05) is 6.16 Å². The van der Waals surface area contributed by atoms with E-state index in [0.29, 0.717) is 0 Å². The Morgan fingerprint density at radius 1 is 0.591 bits per heavy atom. The highest BCUT2D eigenvalue weighted by molar-refractivity contribution is 7.88. The number of rotatable bonds is 5. The lowest BCUT2D eigenvalue weighted by atomic mass is 10.2. The van der Waals surface area contributed by atoms with Crippen molar-refractivity contribution in [1.29, 1.82) is 0 Å². The van der Waals surface area contributed by atoms with E-state index in [9.17, 15) is 0 Å². The zero-order chi connectivity index (χ0) is 15.3. The van der Waals surface area contributed by atoms with Gasteiger partial charge in [0.25, 0.3) is 0 Å². The van der Waals surface area contributed by atoms with Crippen molar-refractivity contribution in [3.8, 4) is 0 Å². The third-order valence-corrected chi connectivity index (χ3v) is 8.89. The molecule has 0 saturated heterocycles. The largest absolute Gasteiger partial charge is 0.0995 e. The second kappa shape index (κ2) is 6.90. The van der Waals surface area contributed by atoms with Crippen molar-refractivity contribution >= 4 is 17.9 Å². The summed E-state index contributed by atoms with van der Waals surface area (Å²) >= 11 is 0. The molecule has 0 aliphatic carbocycles. The van der Waals surface area contributed by atoms with Gasteiger partial charge >= 0.3 is 0 Å². The number of hydrogen-bond acceptors (Lipinski definition) is 0. The fourth-order valence-electron chi connectivity index (χ4n) is 3.13. The van der Waals surface area contributed by atoms with Crippen LogP contribution in [0.5, 0.6) is 0 Å². The molecule has 3 aromatic carbocycles. The Morgan fingerprint density at radius 3 is 1.41 bits per heavy atom. The van der Waals surface area contributed by atoms with Crippen LogP contribution in [0.15, 0.2) is 91.0 Å². The lowest BCUT2D eigenvalue weighted by molar-refractivity contribution is 1.34. The van der Waals surface area contributed by atoms with E-state index in [1.54, 1.807) is 0 Å². The summed E-state index contributed by atoms with van der Waals surface area (Å²) in [6.45, 7) is 2.34. The smallest absolute Gasteiger partial charge is 0.0622 e. The Hall–Kier alpha value is -1.91. The maximum Gasteiger partial charge on any atom is 0.0995 e. The summed E-state index contributed by atoms with van der Waals surface area (Å²) in [5.74, 6) is 0. The van der Waals surface area contributed by atoms with Crippen LogP contribution in [0.4, 0.5) is 0 Å². The van der Waals surface area contributed by atoms with Crippen molar-refractivity contribution in [3.05, 3.63) is 96.6 Å². The highest BCUT2D eigenvalue weighted by Crippen LogP contribution is 2.58. The Morgan fingerprint density at radius 2 is 1.00 bits per heavy atom. The van der Waals surface area contributed by atoms with Crippen LogP contribution >= 0.6 is 7.26 Å². The molecule has 0 bridgehead atoms. The van der Waals surface area contributed by atoms with E-state index in [2.05, 4.69) is 97.9 Å². The third kappa shape index (κ3) is 2.98. The molecule has 0 saturated carbocycles. The number of benzene rings is 3. The topological polar surface area (TPSA) is 0 Å². The summed E-state index contributed by atoms with van der Waals surface area (Å²) in [4.78, 5) is 0. The molecular weight excluding hydrogens is 283 g/mol. The quantitative estimate of drug-likeness (QED) is 0.590. The maximum absolute atomic E-state index is 2.34. The van der Waals surface area contributed by atoms with Gasteiger partial charge in [-0.05, 0) is 36.8 Å². The van der Waals surface area contributed by atoms with Gasteiger partial charge in [-0.25, -0.2) is 0 Å². The minimum atomic E-state index is -1.40. The van der Waals surface area contributed by atoms with Gasteiger partial charge in [-0.1, -0.05) is 66.7 Å². The molecule has 0 atom stereocenters. The van der Waals surface area contributed by atoms with Gasteiger partial charge in [0.1, 0.15) is 0 Å². The van der Waals surface area contributed by atoms with E-state index in [1.165, 1.54) is 22.3 Å². The highest BCUT2D eigenvalue weighted by atomic mass is 31.2. The second-order valence-electron chi connectivity index (χ2n) is 5.60. The van der Waals surface area contributed by atoms with Crippen molar-refractivity contribution < 1.29 is 0 Å². The first-order valence-electron chi connectivity index (χ1n) is 7.87. The van der Waals surface area contributed by atoms with E-state index >= 15 is 0 Å². The molecule has 0 N–H and O–H groups in total. The van der Waals surface area contributed by atoms with Crippen molar-refractivity contribution in [3.63, 3.8) is 0 Å². The van der Waals surface area contributed by atoms with E-state index in [1.807, 2.05) is 0 Å². The first-order chi connectivity index (χ1) is 10.8. The molecule has 0 fully saturated rings. The molecule has 3 rings (SSSR count). The Balaban J connectivity index is 2.13. The summed E-state index contributed by atoms with van der Waals surface area (Å²) in [5, 5.41) is 3.01. The first kappa shape index (κ1) is 15.0. The fourth-order valence-corrected chi connectivity index (χ4v) is 7.07. The zero-order valence-corrected chi connectivity index (χ0v) is 13.9. The van der Waals surface area contributed by atoms with Crippen molar-refractivity contribution in [2.24, 2.45) is 0 Å². The van der Waals surface area contributed by atoms with E-state index in [4.69, 9.17) is 0 Å². The predicted octanol–water partition coefficient (Wildman–Crippen LogP) is 4.88. The van der Waals surface area contributed by atoms with E-state index in [0.717, 1.165) is 6.16 Å². The van der Waals surface area contributed by atoms with Gasteiger partial charge in [0.2, 0.25) is 0 Å². The minimum Gasteiger partial charge on any atom is -0.0622 e. The number of hydrogen-bond donors (Lipinski definition) is 0. The van der Waals surface area contributed by atoms with E-state index in [-0.39, 0.29) is 0 Å². The van der Waals surface area contributed by atoms with Crippen molar-refractivity contribution in [1.82, 2.24) is 0 Å². The average Bonchev–Trinajstić information content (AvgIpc) is 2.62. The minimum absolute atomic E-state index is 1.14. The molecule has 110 valence electrons. The maximum atomic E-state index is 2.34. The van der Waals surface area contributed by atoms with Crippen LogP contribution in [0.1, 0.15) is 12.5 Å². The molecule has 0 unspecified atom stereocenters. The highest BCUT2D eigenvalue weighted by Gasteiger charge is 2.40. The molecule has 3 aromatic rings. The summed E-state index contributed by atoms with van der Waals surface area (Å²) in [7, 11) is -1.40. The average molecular weight is 305 g/mol. The lowest BCUT2D eigenvalue weighted by Crippen LogP contribution is -2.25. The van der Waals surface area contributed by atoms with E-state index < -0.39 is 7.26 Å². The Labute approximate surface area is 134 Å². The van der Waals surface area contributed by atoms with Gasteiger partial charge in [-0.15, -0.1) is 0 Å². The van der Waals surface area contributed by atoms with Crippen LogP contribution in [0.2, 0.25) is 0 Å². The summed E-state index contributed by atoms with van der Waals surface area (Å²) in [6, 6.07) is 33.1. The van der Waals surface area contributed by atoms with Gasteiger partial charge < -0.3 is 0 Å². The van der Waals surface area contributed by atoms with Gasteiger partial charge in [-0.3, -0.25) is 0 Å².